The van der Waals surface area contributed by atoms with Gasteiger partial charge in [0, 0.05) is 26.3 Å². The molecule has 0 fully saturated rings. The lowest BCUT2D eigenvalue weighted by Crippen LogP contribution is -2.24. The maximum atomic E-state index is 5.53. The standard InChI is InChI=1S/C12H22N4/c1-15(2)7-4-8-16(3)12-6-5-11(9-13)10-14-12/h5-6,10H,4,7-9,13H2,1-3H3. The summed E-state index contributed by atoms with van der Waals surface area (Å²) in [6, 6.07) is 4.06. The first-order chi connectivity index (χ1) is 7.63. The Balaban J connectivity index is 2.43. The van der Waals surface area contributed by atoms with E-state index in [0.717, 1.165) is 30.9 Å². The Bertz CT molecular complexity index is 294. The molecular weight excluding hydrogens is 200 g/mol. The summed E-state index contributed by atoms with van der Waals surface area (Å²) in [6.45, 7) is 2.68. The van der Waals surface area contributed by atoms with Crippen molar-refractivity contribution < 1.29 is 0 Å². The average Bonchev–Trinajstić information content (AvgIpc) is 2.28. The van der Waals surface area contributed by atoms with Crippen LogP contribution >= 0.6 is 0 Å². The van der Waals surface area contributed by atoms with Crippen molar-refractivity contribution in [1.29, 1.82) is 0 Å². The zero-order valence-electron chi connectivity index (χ0n) is 10.5. The molecule has 0 radical (unpaired) electrons. The van der Waals surface area contributed by atoms with Gasteiger partial charge in [0.05, 0.1) is 0 Å². The van der Waals surface area contributed by atoms with Crippen molar-refractivity contribution in [2.75, 3.05) is 39.1 Å². The number of hydrogen-bond acceptors (Lipinski definition) is 4. The monoisotopic (exact) mass is 222 g/mol. The van der Waals surface area contributed by atoms with E-state index in [9.17, 15) is 0 Å². The van der Waals surface area contributed by atoms with Gasteiger partial charge in [-0.1, -0.05) is 6.07 Å². The van der Waals surface area contributed by atoms with Crippen LogP contribution in [0.5, 0.6) is 0 Å². The number of anilines is 1. The number of rotatable bonds is 6. The Morgan fingerprint density at radius 1 is 1.19 bits per heavy atom. The molecule has 0 aliphatic rings. The van der Waals surface area contributed by atoms with Gasteiger partial charge in [-0.15, -0.1) is 0 Å². The van der Waals surface area contributed by atoms with Gasteiger partial charge in [0.2, 0.25) is 0 Å². The third-order valence-electron chi connectivity index (χ3n) is 2.53. The molecule has 0 aliphatic carbocycles. The summed E-state index contributed by atoms with van der Waals surface area (Å²) in [5.41, 5.74) is 6.60. The summed E-state index contributed by atoms with van der Waals surface area (Å²) in [6.07, 6.45) is 2.99. The molecule has 0 aliphatic heterocycles. The molecule has 1 rings (SSSR count). The predicted octanol–water partition coefficient (Wildman–Crippen LogP) is 0.928. The fourth-order valence-corrected chi connectivity index (χ4v) is 1.50. The van der Waals surface area contributed by atoms with Crippen LogP contribution in [0.2, 0.25) is 0 Å². The molecule has 1 heterocycles. The molecule has 0 amide bonds. The zero-order valence-corrected chi connectivity index (χ0v) is 10.5. The van der Waals surface area contributed by atoms with E-state index in [4.69, 9.17) is 5.73 Å². The first kappa shape index (κ1) is 12.9. The van der Waals surface area contributed by atoms with E-state index in [1.165, 1.54) is 0 Å². The molecule has 1 aromatic rings. The summed E-state index contributed by atoms with van der Waals surface area (Å²) in [5.74, 6) is 1.01. The van der Waals surface area contributed by atoms with Crippen LogP contribution in [0.1, 0.15) is 12.0 Å². The van der Waals surface area contributed by atoms with Crippen molar-refractivity contribution in [1.82, 2.24) is 9.88 Å². The van der Waals surface area contributed by atoms with Crippen molar-refractivity contribution >= 4 is 5.82 Å². The summed E-state index contributed by atoms with van der Waals surface area (Å²) in [4.78, 5) is 8.74. The number of nitrogens with zero attached hydrogens (tertiary/aromatic N) is 3. The van der Waals surface area contributed by atoms with E-state index in [-0.39, 0.29) is 0 Å². The van der Waals surface area contributed by atoms with Crippen LogP contribution < -0.4 is 10.6 Å². The number of nitrogens with two attached hydrogens (primary N) is 1. The molecule has 0 atom stereocenters. The van der Waals surface area contributed by atoms with Crippen molar-refractivity contribution in [3.63, 3.8) is 0 Å². The van der Waals surface area contributed by atoms with E-state index < -0.39 is 0 Å². The second-order valence-corrected chi connectivity index (χ2v) is 4.31. The van der Waals surface area contributed by atoms with Crippen LogP contribution in [-0.2, 0) is 6.54 Å². The highest BCUT2D eigenvalue weighted by atomic mass is 15.2. The molecule has 90 valence electrons. The van der Waals surface area contributed by atoms with E-state index in [2.05, 4.69) is 35.9 Å². The normalized spacial score (nSPS) is 10.8. The Morgan fingerprint density at radius 3 is 2.44 bits per heavy atom. The Hall–Kier alpha value is -1.13. The molecule has 16 heavy (non-hydrogen) atoms. The third kappa shape index (κ3) is 4.16. The smallest absolute Gasteiger partial charge is 0.128 e. The Kier molecular flexibility index (Phi) is 5.22. The van der Waals surface area contributed by atoms with Crippen LogP contribution in [0, 0.1) is 0 Å². The van der Waals surface area contributed by atoms with E-state index in [1.807, 2.05) is 18.3 Å². The maximum absolute atomic E-state index is 5.53. The number of aromatic nitrogens is 1. The number of pyridine rings is 1. The summed E-state index contributed by atoms with van der Waals surface area (Å²) < 4.78 is 0. The third-order valence-corrected chi connectivity index (χ3v) is 2.53. The quantitative estimate of drug-likeness (QED) is 0.777. The van der Waals surface area contributed by atoms with Gasteiger partial charge in [-0.2, -0.15) is 0 Å². The molecule has 4 heteroatoms. The lowest BCUT2D eigenvalue weighted by molar-refractivity contribution is 0.401. The Morgan fingerprint density at radius 2 is 1.94 bits per heavy atom. The highest BCUT2D eigenvalue weighted by Crippen LogP contribution is 2.09. The van der Waals surface area contributed by atoms with Crippen molar-refractivity contribution in [3.8, 4) is 0 Å². The van der Waals surface area contributed by atoms with Gasteiger partial charge in [0.25, 0.3) is 0 Å². The molecule has 1 aromatic heterocycles. The largest absolute Gasteiger partial charge is 0.360 e. The predicted molar refractivity (Wildman–Crippen MR) is 68.6 cm³/mol. The van der Waals surface area contributed by atoms with Crippen LogP contribution in [-0.4, -0.2) is 44.1 Å². The summed E-state index contributed by atoms with van der Waals surface area (Å²) >= 11 is 0. The topological polar surface area (TPSA) is 45.4 Å². The summed E-state index contributed by atoms with van der Waals surface area (Å²) in [5, 5.41) is 0. The fraction of sp³-hybridized carbons (Fsp3) is 0.583. The molecule has 0 bridgehead atoms. The average molecular weight is 222 g/mol. The summed E-state index contributed by atoms with van der Waals surface area (Å²) in [7, 11) is 6.25. The van der Waals surface area contributed by atoms with Crippen LogP contribution in [0.15, 0.2) is 18.3 Å². The second-order valence-electron chi connectivity index (χ2n) is 4.31. The lowest BCUT2D eigenvalue weighted by Gasteiger charge is -2.19. The van der Waals surface area contributed by atoms with Crippen molar-refractivity contribution in [2.24, 2.45) is 5.73 Å². The molecule has 2 N–H and O–H groups in total. The first-order valence-corrected chi connectivity index (χ1v) is 5.64. The van der Waals surface area contributed by atoms with Crippen LogP contribution in [0.25, 0.3) is 0 Å². The number of hydrogen-bond donors (Lipinski definition) is 1. The molecule has 0 saturated carbocycles. The van der Waals surface area contributed by atoms with Crippen LogP contribution in [0.3, 0.4) is 0 Å². The van der Waals surface area contributed by atoms with Crippen LogP contribution in [0.4, 0.5) is 5.82 Å². The molecule has 4 nitrogen and oxygen atoms in total. The highest BCUT2D eigenvalue weighted by molar-refractivity contribution is 5.38. The minimum atomic E-state index is 0.553. The van der Waals surface area contributed by atoms with Gasteiger partial charge in [0.15, 0.2) is 0 Å². The molecule has 0 saturated heterocycles. The van der Waals surface area contributed by atoms with E-state index in [0.29, 0.717) is 6.54 Å². The van der Waals surface area contributed by atoms with E-state index >= 15 is 0 Å². The first-order valence-electron chi connectivity index (χ1n) is 5.64. The fourth-order valence-electron chi connectivity index (χ4n) is 1.50. The zero-order chi connectivity index (χ0) is 12.0. The van der Waals surface area contributed by atoms with Gasteiger partial charge in [-0.25, -0.2) is 4.98 Å². The SMILES string of the molecule is CN(C)CCCN(C)c1ccc(CN)cn1. The second kappa shape index (κ2) is 6.45. The highest BCUT2D eigenvalue weighted by Gasteiger charge is 2.02. The van der Waals surface area contributed by atoms with Crippen molar-refractivity contribution in [2.45, 2.75) is 13.0 Å². The molecule has 0 unspecified atom stereocenters. The van der Waals surface area contributed by atoms with Gasteiger partial charge < -0.3 is 15.5 Å². The minimum Gasteiger partial charge on any atom is -0.360 e. The maximum Gasteiger partial charge on any atom is 0.128 e. The van der Waals surface area contributed by atoms with Crippen molar-refractivity contribution in [3.05, 3.63) is 23.9 Å². The van der Waals surface area contributed by atoms with Gasteiger partial charge in [-0.05, 0) is 38.7 Å². The van der Waals surface area contributed by atoms with Gasteiger partial charge in [-0.3, -0.25) is 0 Å². The van der Waals surface area contributed by atoms with Gasteiger partial charge in [0.1, 0.15) is 5.82 Å². The van der Waals surface area contributed by atoms with E-state index in [1.54, 1.807) is 0 Å². The van der Waals surface area contributed by atoms with Gasteiger partial charge >= 0.3 is 0 Å². The molecule has 0 aromatic carbocycles. The Labute approximate surface area is 98.1 Å². The molecule has 0 spiro atoms. The lowest BCUT2D eigenvalue weighted by atomic mass is 10.3. The molecular formula is C12H22N4. The minimum absolute atomic E-state index is 0.553.